The van der Waals surface area contributed by atoms with Crippen LogP contribution in [0.5, 0.6) is 0 Å². The molecule has 1 N–H and O–H groups in total. The van der Waals surface area contributed by atoms with Gasteiger partial charge < -0.3 is 9.73 Å². The largest absolute Gasteiger partial charge is 0.453 e. The first kappa shape index (κ1) is 20.7. The summed E-state index contributed by atoms with van der Waals surface area (Å²) in [5.41, 5.74) is 4.22. The zero-order valence-electron chi connectivity index (χ0n) is 18.4. The van der Waals surface area contributed by atoms with Gasteiger partial charge in [-0.2, -0.15) is 5.10 Å². The van der Waals surface area contributed by atoms with Crippen molar-refractivity contribution in [3.8, 4) is 11.3 Å². The van der Waals surface area contributed by atoms with E-state index in [-0.39, 0.29) is 11.6 Å². The first-order valence-corrected chi connectivity index (χ1v) is 10.9. The summed E-state index contributed by atoms with van der Waals surface area (Å²) in [5.74, 6) is 1.25. The van der Waals surface area contributed by atoms with Gasteiger partial charge in [0.15, 0.2) is 12.0 Å². The van der Waals surface area contributed by atoms with Crippen LogP contribution in [0.25, 0.3) is 33.1 Å². The molecule has 3 aromatic carbocycles. The Bertz CT molecular complexity index is 1710. The fraction of sp³-hybridized carbons (Fsp3) is 0.0370. The molecule has 0 aliphatic rings. The van der Waals surface area contributed by atoms with Crippen molar-refractivity contribution in [3.63, 3.8) is 0 Å². The van der Waals surface area contributed by atoms with Crippen LogP contribution in [0.3, 0.4) is 0 Å². The molecule has 0 atom stereocenters. The molecule has 35 heavy (non-hydrogen) atoms. The fourth-order valence-electron chi connectivity index (χ4n) is 4.12. The van der Waals surface area contributed by atoms with Crippen LogP contribution < -0.4 is 5.32 Å². The molecule has 3 aromatic heterocycles. The van der Waals surface area contributed by atoms with Crippen LogP contribution in [0.1, 0.15) is 16.1 Å². The topological polar surface area (TPSA) is 85.8 Å². The molecule has 8 heteroatoms. The molecule has 0 aliphatic heterocycles. The molecule has 170 valence electrons. The molecule has 6 rings (SSSR count). The normalized spacial score (nSPS) is 11.2. The van der Waals surface area contributed by atoms with E-state index >= 15 is 0 Å². The van der Waals surface area contributed by atoms with Crippen LogP contribution in [0, 0.1) is 5.82 Å². The Balaban J connectivity index is 1.31. The molecule has 0 saturated carbocycles. The second kappa shape index (κ2) is 8.49. The van der Waals surface area contributed by atoms with E-state index in [4.69, 9.17) is 4.42 Å². The highest BCUT2D eigenvalue weighted by Gasteiger charge is 2.11. The van der Waals surface area contributed by atoms with Crippen LogP contribution in [-0.2, 0) is 6.54 Å². The maximum atomic E-state index is 13.6. The SMILES string of the molecule is O=Cc1ccc(-c2ccc3ncnc(Nc4ccc5c(cnn5Cc5cccc(F)c5)c4)c3c2)o1. The molecular weight excluding hydrogens is 445 g/mol. The van der Waals surface area contributed by atoms with Crippen LogP contribution in [0.4, 0.5) is 15.9 Å². The number of halogens is 1. The van der Waals surface area contributed by atoms with E-state index in [1.165, 1.54) is 18.5 Å². The van der Waals surface area contributed by atoms with E-state index in [0.29, 0.717) is 24.4 Å². The van der Waals surface area contributed by atoms with Gasteiger partial charge in [0, 0.05) is 22.0 Å². The van der Waals surface area contributed by atoms with Gasteiger partial charge in [-0.05, 0) is 66.2 Å². The fourth-order valence-corrected chi connectivity index (χ4v) is 4.12. The van der Waals surface area contributed by atoms with Crippen LogP contribution in [0.15, 0.2) is 89.7 Å². The first-order valence-electron chi connectivity index (χ1n) is 10.9. The van der Waals surface area contributed by atoms with Gasteiger partial charge in [0.05, 0.1) is 23.8 Å². The van der Waals surface area contributed by atoms with Gasteiger partial charge in [0.2, 0.25) is 0 Å². The maximum absolute atomic E-state index is 13.6. The lowest BCUT2D eigenvalue weighted by Gasteiger charge is -2.10. The number of nitrogens with one attached hydrogen (secondary N) is 1. The number of carbonyl (C=O) groups excluding carboxylic acids is 1. The summed E-state index contributed by atoms with van der Waals surface area (Å²) >= 11 is 0. The number of rotatable bonds is 6. The summed E-state index contributed by atoms with van der Waals surface area (Å²) < 4.78 is 21.0. The lowest BCUT2D eigenvalue weighted by molar-refractivity contribution is 0.110. The molecule has 0 fully saturated rings. The summed E-state index contributed by atoms with van der Waals surface area (Å²) in [6.45, 7) is 0.478. The number of aromatic nitrogens is 4. The minimum absolute atomic E-state index is 0.262. The molecule has 0 saturated heterocycles. The van der Waals surface area contributed by atoms with Gasteiger partial charge in [-0.3, -0.25) is 9.48 Å². The van der Waals surface area contributed by atoms with Gasteiger partial charge in [-0.25, -0.2) is 14.4 Å². The van der Waals surface area contributed by atoms with Crippen molar-refractivity contribution in [2.75, 3.05) is 5.32 Å². The Hall–Kier alpha value is -4.85. The number of carbonyl (C=O) groups is 1. The Labute approximate surface area is 198 Å². The second-order valence-corrected chi connectivity index (χ2v) is 8.10. The first-order chi connectivity index (χ1) is 17.2. The number of aldehydes is 1. The zero-order chi connectivity index (χ0) is 23.8. The summed E-state index contributed by atoms with van der Waals surface area (Å²) in [6, 6.07) is 21.5. The molecule has 0 radical (unpaired) electrons. The van der Waals surface area contributed by atoms with Crippen LogP contribution >= 0.6 is 0 Å². The number of hydrogen-bond acceptors (Lipinski definition) is 6. The van der Waals surface area contributed by atoms with E-state index in [9.17, 15) is 9.18 Å². The standard InChI is InChI=1S/C27H18FN5O2/c28-20-3-1-2-17(10-20)14-33-25-8-5-21(11-19(25)13-31-33)32-27-23-12-18(4-7-24(23)29-16-30-27)26-9-6-22(15-34)35-26/h1-13,15-16H,14H2,(H,29,30,32). The number of furan rings is 1. The molecule has 0 bridgehead atoms. The molecule has 0 spiro atoms. The molecule has 6 aromatic rings. The third-order valence-corrected chi connectivity index (χ3v) is 5.79. The molecular formula is C27H18FN5O2. The molecule has 0 aliphatic carbocycles. The van der Waals surface area contributed by atoms with Gasteiger partial charge in [0.1, 0.15) is 23.7 Å². The van der Waals surface area contributed by atoms with Crippen LogP contribution in [-0.4, -0.2) is 26.0 Å². The zero-order valence-corrected chi connectivity index (χ0v) is 18.4. The smallest absolute Gasteiger partial charge is 0.185 e. The Kier molecular flexibility index (Phi) is 5.03. The number of fused-ring (bicyclic) bond motifs is 2. The average Bonchev–Trinajstić information content (AvgIpc) is 3.51. The molecule has 7 nitrogen and oxygen atoms in total. The van der Waals surface area contributed by atoms with Crippen molar-refractivity contribution >= 4 is 39.6 Å². The lowest BCUT2D eigenvalue weighted by Crippen LogP contribution is -2.01. The van der Waals surface area contributed by atoms with Crippen molar-refractivity contribution in [2.24, 2.45) is 0 Å². The van der Waals surface area contributed by atoms with Crippen molar-refractivity contribution < 1.29 is 13.6 Å². The predicted molar refractivity (Wildman–Crippen MR) is 131 cm³/mol. The van der Waals surface area contributed by atoms with E-state index in [0.717, 1.165) is 38.6 Å². The third-order valence-electron chi connectivity index (χ3n) is 5.79. The average molecular weight is 463 g/mol. The van der Waals surface area contributed by atoms with Gasteiger partial charge in [-0.15, -0.1) is 0 Å². The third kappa shape index (κ3) is 4.02. The molecule has 0 unspecified atom stereocenters. The highest BCUT2D eigenvalue weighted by atomic mass is 19.1. The van der Waals surface area contributed by atoms with Gasteiger partial charge >= 0.3 is 0 Å². The lowest BCUT2D eigenvalue weighted by atomic mass is 10.1. The molecule has 0 amide bonds. The van der Waals surface area contributed by atoms with Crippen molar-refractivity contribution in [1.82, 2.24) is 19.7 Å². The molecule has 3 heterocycles. The van der Waals surface area contributed by atoms with Gasteiger partial charge in [0.25, 0.3) is 0 Å². The number of nitrogens with zero attached hydrogens (tertiary/aromatic N) is 4. The van der Waals surface area contributed by atoms with Crippen molar-refractivity contribution in [2.45, 2.75) is 6.54 Å². The number of anilines is 2. The van der Waals surface area contributed by atoms with E-state index in [1.807, 2.05) is 47.1 Å². The summed E-state index contributed by atoms with van der Waals surface area (Å²) in [4.78, 5) is 19.8. The second-order valence-electron chi connectivity index (χ2n) is 8.10. The Morgan fingerprint density at radius 3 is 2.80 bits per heavy atom. The predicted octanol–water partition coefficient (Wildman–Crippen LogP) is 5.98. The highest BCUT2D eigenvalue weighted by Crippen LogP contribution is 2.30. The van der Waals surface area contributed by atoms with Crippen molar-refractivity contribution in [3.05, 3.63) is 102 Å². The van der Waals surface area contributed by atoms with Crippen LogP contribution in [0.2, 0.25) is 0 Å². The van der Waals surface area contributed by atoms with Gasteiger partial charge in [-0.1, -0.05) is 12.1 Å². The van der Waals surface area contributed by atoms with E-state index in [2.05, 4.69) is 20.4 Å². The summed E-state index contributed by atoms with van der Waals surface area (Å²) in [6.07, 6.45) is 3.98. The maximum Gasteiger partial charge on any atom is 0.185 e. The van der Waals surface area contributed by atoms with E-state index < -0.39 is 0 Å². The summed E-state index contributed by atoms with van der Waals surface area (Å²) in [5, 5.41) is 9.62. The van der Waals surface area contributed by atoms with E-state index in [1.54, 1.807) is 24.4 Å². The summed E-state index contributed by atoms with van der Waals surface area (Å²) in [7, 11) is 0. The highest BCUT2D eigenvalue weighted by molar-refractivity contribution is 5.94. The minimum Gasteiger partial charge on any atom is -0.453 e. The van der Waals surface area contributed by atoms with Crippen molar-refractivity contribution in [1.29, 1.82) is 0 Å². The minimum atomic E-state index is -0.262. The Morgan fingerprint density at radius 1 is 1.00 bits per heavy atom. The number of benzene rings is 3. The monoisotopic (exact) mass is 463 g/mol. The number of hydrogen-bond donors (Lipinski definition) is 1. The Morgan fingerprint density at radius 2 is 1.94 bits per heavy atom. The quantitative estimate of drug-likeness (QED) is 0.306.